The van der Waals surface area contributed by atoms with Crippen LogP contribution in [0.25, 0.3) is 0 Å². The van der Waals surface area contributed by atoms with Gasteiger partial charge in [0.2, 0.25) is 0 Å². The van der Waals surface area contributed by atoms with Crippen molar-refractivity contribution < 1.29 is 9.32 Å². The van der Waals surface area contributed by atoms with Gasteiger partial charge in [-0.15, -0.1) is 0 Å². The van der Waals surface area contributed by atoms with Crippen molar-refractivity contribution in [2.45, 2.75) is 63.7 Å². The van der Waals surface area contributed by atoms with Gasteiger partial charge in [0.15, 0.2) is 10.9 Å². The molecule has 0 amide bonds. The highest BCUT2D eigenvalue weighted by Gasteiger charge is 2.42. The summed E-state index contributed by atoms with van der Waals surface area (Å²) in [6, 6.07) is 6.11. The van der Waals surface area contributed by atoms with Crippen molar-refractivity contribution >= 4 is 17.3 Å². The molecule has 4 nitrogen and oxygen atoms in total. The monoisotopic (exact) mass is 308 g/mol. The van der Waals surface area contributed by atoms with E-state index in [1.807, 2.05) is 6.07 Å². The Balaban J connectivity index is 1.61. The van der Waals surface area contributed by atoms with E-state index >= 15 is 0 Å². The lowest BCUT2D eigenvalue weighted by atomic mass is 9.81. The molecule has 1 aromatic rings. The molecule has 0 spiro atoms. The van der Waals surface area contributed by atoms with Gasteiger partial charge in [-0.05, 0) is 50.5 Å². The molecule has 0 aliphatic carbocycles. The first-order valence-corrected chi connectivity index (χ1v) is 8.59. The predicted molar refractivity (Wildman–Crippen MR) is 87.2 cm³/mol. The zero-order valence-corrected chi connectivity index (χ0v) is 13.5. The van der Waals surface area contributed by atoms with E-state index in [4.69, 9.17) is 16.6 Å². The Kier molecular flexibility index (Phi) is 4.80. The third-order valence-corrected chi connectivity index (χ3v) is 5.19. The second-order valence-electron chi connectivity index (χ2n) is 6.33. The van der Waals surface area contributed by atoms with E-state index in [9.17, 15) is 0 Å². The molecule has 0 aromatic carbocycles. The second kappa shape index (κ2) is 6.79. The molecule has 1 aromatic heterocycles. The molecular formula is C16H26N3OS+. The number of thiocarbonyl (C=S) groups is 1. The summed E-state index contributed by atoms with van der Waals surface area (Å²) in [7, 11) is 0. The standard InChI is InChI=1S/C16H25N3OS/c1-2-17-16(21)18-12-9-13-5-3-6-14(10-12)19(13)11-15-7-4-8-20-15/h4,7-8,12-14H,2-3,5-6,9-11H2,1H3,(H2,17,18,21)/p+1/t13-,14-/m1/s1. The fourth-order valence-corrected chi connectivity index (χ4v) is 4.37. The Morgan fingerprint density at radius 2 is 2.14 bits per heavy atom. The predicted octanol–water partition coefficient (Wildman–Crippen LogP) is 1.23. The molecule has 3 N–H and O–H groups in total. The van der Waals surface area contributed by atoms with Crippen molar-refractivity contribution in [3.05, 3.63) is 24.2 Å². The third-order valence-electron chi connectivity index (χ3n) is 4.92. The number of piperidine rings is 2. The van der Waals surface area contributed by atoms with Crippen LogP contribution in [0.2, 0.25) is 0 Å². The second-order valence-corrected chi connectivity index (χ2v) is 6.74. The summed E-state index contributed by atoms with van der Waals surface area (Å²) in [5.41, 5.74) is 0. The Bertz CT molecular complexity index is 448. The van der Waals surface area contributed by atoms with E-state index in [1.54, 1.807) is 11.2 Å². The number of quaternary nitrogens is 1. The van der Waals surface area contributed by atoms with E-state index in [-0.39, 0.29) is 0 Å². The Labute approximate surface area is 132 Å². The van der Waals surface area contributed by atoms with Crippen LogP contribution in [0.3, 0.4) is 0 Å². The largest absolute Gasteiger partial charge is 0.463 e. The minimum atomic E-state index is 0.534. The maximum Gasteiger partial charge on any atom is 0.166 e. The van der Waals surface area contributed by atoms with Crippen molar-refractivity contribution in [3.63, 3.8) is 0 Å². The molecule has 2 fully saturated rings. The van der Waals surface area contributed by atoms with Crippen molar-refractivity contribution in [2.75, 3.05) is 6.54 Å². The van der Waals surface area contributed by atoms with Gasteiger partial charge in [-0.2, -0.15) is 0 Å². The SMILES string of the molecule is CCNC(=S)NC1C[C@H]2CCC[C@H](C1)[NH+]2Cc1ccco1. The van der Waals surface area contributed by atoms with E-state index in [0.29, 0.717) is 6.04 Å². The molecular weight excluding hydrogens is 282 g/mol. The smallest absolute Gasteiger partial charge is 0.166 e. The Hall–Kier alpha value is -1.07. The zero-order valence-electron chi connectivity index (χ0n) is 12.7. The highest BCUT2D eigenvalue weighted by Crippen LogP contribution is 2.22. The van der Waals surface area contributed by atoms with Gasteiger partial charge in [-0.25, -0.2) is 0 Å². The summed E-state index contributed by atoms with van der Waals surface area (Å²) >= 11 is 5.34. The number of furan rings is 1. The van der Waals surface area contributed by atoms with Crippen LogP contribution >= 0.6 is 12.2 Å². The van der Waals surface area contributed by atoms with E-state index in [1.165, 1.54) is 32.1 Å². The third kappa shape index (κ3) is 3.58. The summed E-state index contributed by atoms with van der Waals surface area (Å²) in [6.45, 7) is 4.01. The van der Waals surface area contributed by atoms with E-state index < -0.39 is 0 Å². The van der Waals surface area contributed by atoms with Crippen LogP contribution in [0.15, 0.2) is 22.8 Å². The number of rotatable bonds is 4. The topological polar surface area (TPSA) is 41.6 Å². The lowest BCUT2D eigenvalue weighted by molar-refractivity contribution is -0.974. The average Bonchev–Trinajstić information content (AvgIpc) is 2.93. The van der Waals surface area contributed by atoms with Crippen molar-refractivity contribution in [3.8, 4) is 0 Å². The molecule has 3 rings (SSSR count). The quantitative estimate of drug-likeness (QED) is 0.732. The molecule has 2 atom stereocenters. The first kappa shape index (κ1) is 14.9. The Morgan fingerprint density at radius 3 is 2.76 bits per heavy atom. The van der Waals surface area contributed by atoms with Crippen LogP contribution in [0.1, 0.15) is 44.8 Å². The van der Waals surface area contributed by atoms with E-state index in [2.05, 4.69) is 23.6 Å². The van der Waals surface area contributed by atoms with Gasteiger partial charge in [-0.1, -0.05) is 0 Å². The summed E-state index contributed by atoms with van der Waals surface area (Å²) < 4.78 is 5.56. The van der Waals surface area contributed by atoms with Gasteiger partial charge in [0.1, 0.15) is 6.54 Å². The van der Waals surface area contributed by atoms with Crippen LogP contribution in [-0.4, -0.2) is 29.8 Å². The molecule has 21 heavy (non-hydrogen) atoms. The fourth-order valence-electron chi connectivity index (χ4n) is 4.05. The van der Waals surface area contributed by atoms with Crippen LogP contribution < -0.4 is 15.5 Å². The van der Waals surface area contributed by atoms with Gasteiger partial charge >= 0.3 is 0 Å². The first-order chi connectivity index (χ1) is 10.3. The van der Waals surface area contributed by atoms with Crippen molar-refractivity contribution in [1.29, 1.82) is 0 Å². The molecule has 0 saturated carbocycles. The molecule has 0 radical (unpaired) electrons. The van der Waals surface area contributed by atoms with Gasteiger partial charge in [-0.3, -0.25) is 0 Å². The molecule has 5 heteroatoms. The molecule has 2 bridgehead atoms. The molecule has 2 aliphatic rings. The molecule has 2 saturated heterocycles. The average molecular weight is 308 g/mol. The minimum absolute atomic E-state index is 0.534. The lowest BCUT2D eigenvalue weighted by Gasteiger charge is -2.45. The van der Waals surface area contributed by atoms with Gasteiger partial charge in [0.25, 0.3) is 0 Å². The molecule has 116 valence electrons. The number of fused-ring (bicyclic) bond motifs is 2. The number of hydrogen-bond acceptors (Lipinski definition) is 2. The van der Waals surface area contributed by atoms with Crippen LogP contribution in [-0.2, 0) is 6.54 Å². The zero-order chi connectivity index (χ0) is 14.7. The highest BCUT2D eigenvalue weighted by molar-refractivity contribution is 7.80. The summed E-state index contributed by atoms with van der Waals surface area (Å²) in [5, 5.41) is 7.53. The van der Waals surface area contributed by atoms with Gasteiger partial charge in [0, 0.05) is 25.4 Å². The van der Waals surface area contributed by atoms with Crippen LogP contribution in [0, 0.1) is 0 Å². The number of nitrogens with one attached hydrogen (secondary N) is 3. The Morgan fingerprint density at radius 1 is 1.38 bits per heavy atom. The lowest BCUT2D eigenvalue weighted by Crippen LogP contribution is -3.20. The van der Waals surface area contributed by atoms with Crippen LogP contribution in [0.4, 0.5) is 0 Å². The maximum absolute atomic E-state index is 5.56. The molecule has 0 unspecified atom stereocenters. The van der Waals surface area contributed by atoms with Crippen molar-refractivity contribution in [2.24, 2.45) is 0 Å². The van der Waals surface area contributed by atoms with Crippen LogP contribution in [0.5, 0.6) is 0 Å². The van der Waals surface area contributed by atoms with Gasteiger partial charge < -0.3 is 20.0 Å². The number of hydrogen-bond donors (Lipinski definition) is 3. The maximum atomic E-state index is 5.56. The van der Waals surface area contributed by atoms with E-state index in [0.717, 1.165) is 36.0 Å². The fraction of sp³-hybridized carbons (Fsp3) is 0.688. The minimum Gasteiger partial charge on any atom is -0.463 e. The first-order valence-electron chi connectivity index (χ1n) is 8.18. The summed E-state index contributed by atoms with van der Waals surface area (Å²) in [6.07, 6.45) is 8.27. The van der Waals surface area contributed by atoms with Crippen molar-refractivity contribution in [1.82, 2.24) is 10.6 Å². The normalized spacial score (nSPS) is 31.7. The van der Waals surface area contributed by atoms with Gasteiger partial charge in [0.05, 0.1) is 18.3 Å². The summed E-state index contributed by atoms with van der Waals surface area (Å²) in [4.78, 5) is 1.73. The highest BCUT2D eigenvalue weighted by atomic mass is 32.1. The molecule has 2 aliphatic heterocycles. The molecule has 3 heterocycles. The summed E-state index contributed by atoms with van der Waals surface area (Å²) in [5.74, 6) is 1.12.